The van der Waals surface area contributed by atoms with Crippen LogP contribution in [0.25, 0.3) is 0 Å². The van der Waals surface area contributed by atoms with Crippen molar-refractivity contribution in [2.75, 3.05) is 6.54 Å². The molecule has 0 saturated heterocycles. The predicted molar refractivity (Wildman–Crippen MR) is 65.0 cm³/mol. The quantitative estimate of drug-likeness (QED) is 0.828. The van der Waals surface area contributed by atoms with Crippen LogP contribution < -0.4 is 5.73 Å². The molecular weight excluding hydrogens is 201 g/mol. The molecule has 16 heavy (non-hydrogen) atoms. The normalized spacial score (nSPS) is 18.9. The molecule has 2 N–H and O–H groups in total. The summed E-state index contributed by atoms with van der Waals surface area (Å²) in [5, 5.41) is 0. The second kappa shape index (κ2) is 5.44. The number of halogens is 1. The Bertz CT molecular complexity index is 331. The topological polar surface area (TPSA) is 26.0 Å². The average molecular weight is 221 g/mol. The Balaban J connectivity index is 2.09. The van der Waals surface area contributed by atoms with Crippen molar-refractivity contribution in [1.82, 2.24) is 0 Å². The van der Waals surface area contributed by atoms with Crippen molar-refractivity contribution >= 4 is 0 Å². The van der Waals surface area contributed by atoms with Crippen molar-refractivity contribution in [2.45, 2.75) is 38.3 Å². The Morgan fingerprint density at radius 2 is 2.06 bits per heavy atom. The Morgan fingerprint density at radius 3 is 2.75 bits per heavy atom. The zero-order valence-corrected chi connectivity index (χ0v) is 9.66. The van der Waals surface area contributed by atoms with E-state index in [0.29, 0.717) is 6.54 Å². The van der Waals surface area contributed by atoms with E-state index in [1.165, 1.54) is 12.8 Å². The molecule has 2 rings (SSSR count). The van der Waals surface area contributed by atoms with Crippen LogP contribution in [-0.2, 0) is 6.42 Å². The fourth-order valence-corrected chi connectivity index (χ4v) is 2.61. The van der Waals surface area contributed by atoms with Gasteiger partial charge in [0.15, 0.2) is 0 Å². The molecule has 1 nitrogen and oxygen atoms in total. The van der Waals surface area contributed by atoms with Crippen LogP contribution in [0.15, 0.2) is 24.3 Å². The number of benzene rings is 1. The van der Waals surface area contributed by atoms with Crippen molar-refractivity contribution in [3.63, 3.8) is 0 Å². The van der Waals surface area contributed by atoms with Crippen LogP contribution in [0.1, 0.15) is 43.0 Å². The van der Waals surface area contributed by atoms with Crippen LogP contribution in [-0.4, -0.2) is 6.54 Å². The molecule has 0 aliphatic heterocycles. The molecule has 0 spiro atoms. The standard InChI is InChI=1S/C14H20FN/c15-14(12-5-1-2-6-12)13-7-3-4-11(10-13)8-9-16/h3-4,7,10,12,14H,1-2,5-6,8-9,16H2. The highest BCUT2D eigenvalue weighted by Gasteiger charge is 2.25. The molecule has 0 heterocycles. The number of rotatable bonds is 4. The molecule has 0 bridgehead atoms. The third-order valence-electron chi connectivity index (χ3n) is 3.52. The second-order valence-electron chi connectivity index (χ2n) is 4.73. The van der Waals surface area contributed by atoms with Crippen molar-refractivity contribution < 1.29 is 4.39 Å². The number of nitrogens with two attached hydrogens (primary N) is 1. The molecule has 1 saturated carbocycles. The molecule has 1 fully saturated rings. The maximum Gasteiger partial charge on any atom is 0.128 e. The summed E-state index contributed by atoms with van der Waals surface area (Å²) in [7, 11) is 0. The zero-order valence-electron chi connectivity index (χ0n) is 9.66. The van der Waals surface area contributed by atoms with Gasteiger partial charge in [0.25, 0.3) is 0 Å². The van der Waals surface area contributed by atoms with Crippen LogP contribution in [0.2, 0.25) is 0 Å². The van der Waals surface area contributed by atoms with Gasteiger partial charge in [-0.1, -0.05) is 37.1 Å². The maximum absolute atomic E-state index is 14.2. The minimum absolute atomic E-state index is 0.244. The van der Waals surface area contributed by atoms with E-state index in [2.05, 4.69) is 0 Å². The van der Waals surface area contributed by atoms with Crippen LogP contribution in [0.5, 0.6) is 0 Å². The summed E-state index contributed by atoms with van der Waals surface area (Å²) in [6, 6.07) is 7.86. The van der Waals surface area contributed by atoms with E-state index >= 15 is 0 Å². The molecule has 88 valence electrons. The van der Waals surface area contributed by atoms with Gasteiger partial charge in [0.2, 0.25) is 0 Å². The first-order valence-electron chi connectivity index (χ1n) is 6.24. The smallest absolute Gasteiger partial charge is 0.128 e. The van der Waals surface area contributed by atoms with E-state index in [-0.39, 0.29) is 5.92 Å². The van der Waals surface area contributed by atoms with Gasteiger partial charge in [-0.3, -0.25) is 0 Å². The van der Waals surface area contributed by atoms with Gasteiger partial charge in [-0.25, -0.2) is 4.39 Å². The maximum atomic E-state index is 14.2. The molecular formula is C14H20FN. The minimum atomic E-state index is -0.778. The van der Waals surface area contributed by atoms with Gasteiger partial charge in [-0.2, -0.15) is 0 Å². The third-order valence-corrected chi connectivity index (χ3v) is 3.52. The highest BCUT2D eigenvalue weighted by Crippen LogP contribution is 2.38. The molecule has 1 aliphatic rings. The molecule has 1 atom stereocenters. The van der Waals surface area contributed by atoms with E-state index in [1.807, 2.05) is 24.3 Å². The van der Waals surface area contributed by atoms with Crippen LogP contribution >= 0.6 is 0 Å². The highest BCUT2D eigenvalue weighted by molar-refractivity contribution is 5.26. The van der Waals surface area contributed by atoms with Crippen LogP contribution in [0, 0.1) is 5.92 Å². The van der Waals surface area contributed by atoms with Crippen LogP contribution in [0.4, 0.5) is 4.39 Å². The van der Waals surface area contributed by atoms with Crippen LogP contribution in [0.3, 0.4) is 0 Å². The Labute approximate surface area is 96.9 Å². The molecule has 2 heteroatoms. The number of hydrogen-bond donors (Lipinski definition) is 1. The highest BCUT2D eigenvalue weighted by atomic mass is 19.1. The fourth-order valence-electron chi connectivity index (χ4n) is 2.61. The van der Waals surface area contributed by atoms with Gasteiger partial charge in [-0.15, -0.1) is 0 Å². The molecule has 0 amide bonds. The van der Waals surface area contributed by atoms with Crippen molar-refractivity contribution in [2.24, 2.45) is 11.7 Å². The SMILES string of the molecule is NCCc1cccc(C(F)C2CCCC2)c1. The summed E-state index contributed by atoms with van der Waals surface area (Å²) in [6.07, 6.45) is 4.52. The predicted octanol–water partition coefficient (Wildman–Crippen LogP) is 3.39. The summed E-state index contributed by atoms with van der Waals surface area (Å²) in [5.41, 5.74) is 7.51. The lowest BCUT2D eigenvalue weighted by Crippen LogP contribution is -2.06. The van der Waals surface area contributed by atoms with E-state index in [4.69, 9.17) is 5.73 Å². The van der Waals surface area contributed by atoms with Gasteiger partial charge >= 0.3 is 0 Å². The average Bonchev–Trinajstić information content (AvgIpc) is 2.82. The van der Waals surface area contributed by atoms with E-state index < -0.39 is 6.17 Å². The summed E-state index contributed by atoms with van der Waals surface area (Å²) >= 11 is 0. The van der Waals surface area contributed by atoms with Crippen molar-refractivity contribution in [1.29, 1.82) is 0 Å². The summed E-state index contributed by atoms with van der Waals surface area (Å²) in [5.74, 6) is 0.244. The third kappa shape index (κ3) is 2.62. The molecule has 1 aromatic rings. The molecule has 0 aromatic heterocycles. The first kappa shape index (κ1) is 11.6. The van der Waals surface area contributed by atoms with Gasteiger partial charge < -0.3 is 5.73 Å². The van der Waals surface area contributed by atoms with Crippen molar-refractivity contribution in [3.8, 4) is 0 Å². The minimum Gasteiger partial charge on any atom is -0.330 e. The monoisotopic (exact) mass is 221 g/mol. The second-order valence-corrected chi connectivity index (χ2v) is 4.73. The molecule has 1 aliphatic carbocycles. The van der Waals surface area contributed by atoms with E-state index in [0.717, 1.165) is 30.4 Å². The molecule has 1 aromatic carbocycles. The first-order chi connectivity index (χ1) is 7.81. The molecule has 0 radical (unpaired) electrons. The first-order valence-corrected chi connectivity index (χ1v) is 6.24. The Hall–Kier alpha value is -0.890. The lowest BCUT2D eigenvalue weighted by Gasteiger charge is -2.16. The van der Waals surface area contributed by atoms with E-state index in [1.54, 1.807) is 0 Å². The fraction of sp³-hybridized carbons (Fsp3) is 0.571. The number of hydrogen-bond acceptors (Lipinski definition) is 1. The van der Waals surface area contributed by atoms with Gasteiger partial charge in [-0.05, 0) is 42.9 Å². The summed E-state index contributed by atoms with van der Waals surface area (Å²) in [6.45, 7) is 0.629. The zero-order chi connectivity index (χ0) is 11.4. The van der Waals surface area contributed by atoms with Crippen molar-refractivity contribution in [3.05, 3.63) is 35.4 Å². The van der Waals surface area contributed by atoms with E-state index in [9.17, 15) is 4.39 Å². The Morgan fingerprint density at radius 1 is 1.31 bits per heavy atom. The summed E-state index contributed by atoms with van der Waals surface area (Å²) in [4.78, 5) is 0. The van der Waals surface area contributed by atoms with Gasteiger partial charge in [0.05, 0.1) is 0 Å². The lowest BCUT2D eigenvalue weighted by atomic mass is 9.94. The lowest BCUT2D eigenvalue weighted by molar-refractivity contribution is 0.235. The molecule has 1 unspecified atom stereocenters. The number of alkyl halides is 1. The Kier molecular flexibility index (Phi) is 3.94. The van der Waals surface area contributed by atoms with Gasteiger partial charge in [0.1, 0.15) is 6.17 Å². The largest absolute Gasteiger partial charge is 0.330 e. The van der Waals surface area contributed by atoms with Gasteiger partial charge in [0, 0.05) is 0 Å². The summed E-state index contributed by atoms with van der Waals surface area (Å²) < 4.78 is 14.2.